The van der Waals surface area contributed by atoms with Crippen molar-refractivity contribution in [3.63, 3.8) is 0 Å². The van der Waals surface area contributed by atoms with Gasteiger partial charge in [0.25, 0.3) is 0 Å². The van der Waals surface area contributed by atoms with Crippen molar-refractivity contribution in [3.8, 4) is 0 Å². The molecule has 0 amide bonds. The molecular weight excluding hydrogens is 917 g/mol. The van der Waals surface area contributed by atoms with Gasteiger partial charge in [-0.2, -0.15) is 0 Å². The van der Waals surface area contributed by atoms with E-state index in [1.54, 1.807) is 102 Å². The van der Waals surface area contributed by atoms with Crippen LogP contribution < -0.4 is 10.9 Å². The highest BCUT2D eigenvalue weighted by molar-refractivity contribution is 5.78. The van der Waals surface area contributed by atoms with Crippen molar-refractivity contribution in [2.24, 2.45) is 5.92 Å². The lowest BCUT2D eigenvalue weighted by Gasteiger charge is -2.36. The van der Waals surface area contributed by atoms with Gasteiger partial charge in [-0.3, -0.25) is 9.59 Å². The normalized spacial score (nSPS) is 16.0. The summed E-state index contributed by atoms with van der Waals surface area (Å²) in [6.07, 6.45) is -3.37. The van der Waals surface area contributed by atoms with Gasteiger partial charge in [-0.15, -0.1) is 0 Å². The molecule has 5 rings (SSSR count). The molecule has 72 heavy (non-hydrogen) atoms. The smallest absolute Gasteiger partial charge is 0.340 e. The van der Waals surface area contributed by atoms with Gasteiger partial charge >= 0.3 is 17.9 Å². The van der Waals surface area contributed by atoms with E-state index in [-0.39, 0.29) is 10.9 Å². The Bertz CT molecular complexity index is 2760. The molecule has 13 nitrogen and oxygen atoms in total. The minimum Gasteiger partial charge on any atom is -0.465 e. The summed E-state index contributed by atoms with van der Waals surface area (Å²) in [5, 5.41) is 0. The molecule has 0 aliphatic heterocycles. The quantitative estimate of drug-likeness (QED) is 0.0345. The highest BCUT2D eigenvalue weighted by atomic mass is 16.6. The third-order valence-electron chi connectivity index (χ3n) is 13.7. The average Bonchev–Trinajstić information content (AvgIpc) is 3.38. The molecule has 386 valence electrons. The second-order valence-electron chi connectivity index (χ2n) is 18.6. The molecule has 2 heterocycles. The van der Waals surface area contributed by atoms with E-state index in [0.29, 0.717) is 80.4 Å². The van der Waals surface area contributed by atoms with Crippen molar-refractivity contribution < 1.29 is 51.6 Å². The van der Waals surface area contributed by atoms with Crippen LogP contribution in [-0.2, 0) is 49.2 Å². The van der Waals surface area contributed by atoms with E-state index in [1.807, 2.05) is 71.0 Å². The van der Waals surface area contributed by atoms with Crippen LogP contribution in [0.15, 0.2) is 121 Å². The first-order valence-electron chi connectivity index (χ1n) is 24.6. The van der Waals surface area contributed by atoms with Crippen LogP contribution in [0, 0.1) is 33.6 Å². The zero-order chi connectivity index (χ0) is 53.0. The fourth-order valence-corrected chi connectivity index (χ4v) is 9.68. The minimum atomic E-state index is -1.13. The van der Waals surface area contributed by atoms with Crippen LogP contribution in [-0.4, -0.2) is 57.5 Å². The van der Waals surface area contributed by atoms with Crippen molar-refractivity contribution in [3.05, 3.63) is 185 Å². The van der Waals surface area contributed by atoms with Gasteiger partial charge in [0.15, 0.2) is 29.2 Å². The fraction of sp³-hybridized carbons (Fsp3) is 0.441. The van der Waals surface area contributed by atoms with Crippen molar-refractivity contribution >= 4 is 17.9 Å². The zero-order valence-electron chi connectivity index (χ0n) is 44.2. The predicted molar refractivity (Wildman–Crippen MR) is 275 cm³/mol. The number of esters is 3. The van der Waals surface area contributed by atoms with Crippen LogP contribution in [0.3, 0.4) is 0 Å². The number of methoxy groups -OCH3 is 3. The van der Waals surface area contributed by atoms with E-state index in [1.165, 1.54) is 21.3 Å². The van der Waals surface area contributed by atoms with Gasteiger partial charge in [0.1, 0.15) is 41.4 Å². The lowest BCUT2D eigenvalue weighted by Crippen LogP contribution is -2.42. The van der Waals surface area contributed by atoms with Gasteiger partial charge in [-0.1, -0.05) is 139 Å². The summed E-state index contributed by atoms with van der Waals surface area (Å²) in [6, 6.07) is 26.9. The Balaban J connectivity index is 1.63. The molecule has 0 N–H and O–H groups in total. The van der Waals surface area contributed by atoms with E-state index in [9.17, 15) is 24.0 Å². The van der Waals surface area contributed by atoms with Crippen LogP contribution in [0.5, 0.6) is 0 Å². The Morgan fingerprint density at radius 2 is 0.944 bits per heavy atom. The molecule has 0 radical (unpaired) electrons. The molecule has 3 aromatic carbocycles. The Morgan fingerprint density at radius 1 is 0.542 bits per heavy atom. The van der Waals surface area contributed by atoms with Gasteiger partial charge in [0, 0.05) is 61.8 Å². The third kappa shape index (κ3) is 12.8. The summed E-state index contributed by atoms with van der Waals surface area (Å²) in [5.74, 6) is -3.17. The highest BCUT2D eigenvalue weighted by Crippen LogP contribution is 2.38. The summed E-state index contributed by atoms with van der Waals surface area (Å²) in [5.41, 5.74) is 3.50. The Morgan fingerprint density at radius 3 is 1.38 bits per heavy atom. The van der Waals surface area contributed by atoms with Crippen LogP contribution in [0.25, 0.3) is 0 Å². The van der Waals surface area contributed by atoms with E-state index in [2.05, 4.69) is 0 Å². The summed E-state index contributed by atoms with van der Waals surface area (Å²) < 4.78 is 49.4. The lowest BCUT2D eigenvalue weighted by molar-refractivity contribution is -0.173. The number of ether oxygens (including phenoxy) is 6. The van der Waals surface area contributed by atoms with Crippen molar-refractivity contribution in [2.75, 3.05) is 21.3 Å². The number of rotatable bonds is 23. The molecule has 0 spiro atoms. The standard InChI is InChI=1S/C59H72O13/c1-15-45-35(5)47(60)38(8)52(68-45)41(11)53(72-59(64)56(67-14)44-30-24-19-25-31-44)40(10)50(71-58(63)55(66-13)43-28-22-18-23-29-43)34(4)32-33(3)49-37(7)48(61)39(9)51(70-49)36(6)46(16-2)69-57(62)54(65-12)42-26-20-17-21-27-42/h17-33,36,40-41,46,50,53-56H,15-16H2,1-14H3/b34-32+/t33-,36-,40-,41-,46-,50-,53+,54+,55+,56+/m0/s1. The van der Waals surface area contributed by atoms with E-state index in [0.717, 1.165) is 0 Å². The summed E-state index contributed by atoms with van der Waals surface area (Å²) >= 11 is 0. The molecule has 0 unspecified atom stereocenters. The topological polar surface area (TPSA) is 167 Å². The van der Waals surface area contributed by atoms with Gasteiger partial charge in [0.05, 0.1) is 11.8 Å². The van der Waals surface area contributed by atoms with Crippen LogP contribution in [0.4, 0.5) is 0 Å². The largest absolute Gasteiger partial charge is 0.465 e. The van der Waals surface area contributed by atoms with E-state index in [4.69, 9.17) is 37.3 Å². The van der Waals surface area contributed by atoms with E-state index < -0.39 is 78.2 Å². The fourth-order valence-electron chi connectivity index (χ4n) is 9.68. The predicted octanol–water partition coefficient (Wildman–Crippen LogP) is 11.3. The maximum atomic E-state index is 14.5. The maximum absolute atomic E-state index is 14.5. The van der Waals surface area contributed by atoms with Gasteiger partial charge < -0.3 is 37.3 Å². The van der Waals surface area contributed by atoms with Gasteiger partial charge in [-0.25, -0.2) is 14.4 Å². The first-order valence-corrected chi connectivity index (χ1v) is 24.6. The number of carbonyl (C=O) groups is 3. The van der Waals surface area contributed by atoms with Crippen LogP contribution in [0.2, 0.25) is 0 Å². The number of hydrogen-bond donors (Lipinski definition) is 0. The molecule has 0 aliphatic rings. The number of allylic oxidation sites excluding steroid dienone is 1. The molecular formula is C59H72O13. The lowest BCUT2D eigenvalue weighted by atomic mass is 9.83. The number of aryl methyl sites for hydroxylation is 1. The highest BCUT2D eigenvalue weighted by Gasteiger charge is 2.41. The van der Waals surface area contributed by atoms with Gasteiger partial charge in [-0.05, 0) is 63.3 Å². The third-order valence-corrected chi connectivity index (χ3v) is 13.7. The SMILES string of the molecule is CCc1oc([C@H](C)[C@H](OC(=O)[C@H](OC)c2ccccc2)[C@@H](C)[C@@H](OC(=O)[C@H](OC)c2ccccc2)/C(C)=C/[C@H](C)c2oc([C@@H](C)[C@H](CC)OC(=O)[C@H](OC)c3ccccc3)c(C)c(=O)c2C)c(C)c(=O)c1C. The Labute approximate surface area is 423 Å². The zero-order valence-corrected chi connectivity index (χ0v) is 44.2. The molecule has 13 heteroatoms. The van der Waals surface area contributed by atoms with Crippen molar-refractivity contribution in [1.29, 1.82) is 0 Å². The molecule has 0 saturated heterocycles. The van der Waals surface area contributed by atoms with Gasteiger partial charge in [0.2, 0.25) is 0 Å². The molecule has 5 aromatic rings. The van der Waals surface area contributed by atoms with Crippen LogP contribution in [0.1, 0.15) is 153 Å². The second-order valence-corrected chi connectivity index (χ2v) is 18.6. The molecule has 0 bridgehead atoms. The van der Waals surface area contributed by atoms with Crippen molar-refractivity contribution in [2.45, 2.75) is 143 Å². The van der Waals surface area contributed by atoms with E-state index >= 15 is 0 Å². The molecule has 0 aliphatic carbocycles. The monoisotopic (exact) mass is 988 g/mol. The minimum absolute atomic E-state index is 0.186. The molecule has 2 aromatic heterocycles. The Kier molecular flexibility index (Phi) is 20.3. The average molecular weight is 989 g/mol. The summed E-state index contributed by atoms with van der Waals surface area (Å²) in [4.78, 5) is 70.4. The first-order chi connectivity index (χ1) is 34.3. The molecule has 0 fully saturated rings. The second kappa shape index (κ2) is 25.8. The number of benzene rings is 3. The van der Waals surface area contributed by atoms with Crippen molar-refractivity contribution in [1.82, 2.24) is 0 Å². The first kappa shape index (κ1) is 56.5. The summed E-state index contributed by atoms with van der Waals surface area (Å²) in [6.45, 7) is 19.7. The molecule has 0 saturated carbocycles. The Hall–Kier alpha value is -6.41. The number of carbonyl (C=O) groups excluding carboxylic acids is 3. The summed E-state index contributed by atoms with van der Waals surface area (Å²) in [7, 11) is 4.28. The number of hydrogen-bond acceptors (Lipinski definition) is 13. The molecule has 10 atom stereocenters. The maximum Gasteiger partial charge on any atom is 0.340 e. The van der Waals surface area contributed by atoms with Crippen LogP contribution >= 0.6 is 0 Å².